The summed E-state index contributed by atoms with van der Waals surface area (Å²) in [5.74, 6) is -0.948. The van der Waals surface area contributed by atoms with Gasteiger partial charge in [-0.3, -0.25) is 19.2 Å². The van der Waals surface area contributed by atoms with E-state index in [-0.39, 0.29) is 23.6 Å². The summed E-state index contributed by atoms with van der Waals surface area (Å²) >= 11 is 0. The van der Waals surface area contributed by atoms with Crippen LogP contribution in [0.4, 0.5) is 0 Å². The largest absolute Gasteiger partial charge is 0.354 e. The summed E-state index contributed by atoms with van der Waals surface area (Å²) in [4.78, 5) is 48.0. The number of allylic oxidation sites excluding steroid dienone is 6. The van der Waals surface area contributed by atoms with Gasteiger partial charge in [-0.25, -0.2) is 0 Å². The maximum absolute atomic E-state index is 12.1. The molecular weight excluding hydrogens is 384 g/mol. The number of amides is 4. The van der Waals surface area contributed by atoms with Gasteiger partial charge in [0.25, 0.3) is 0 Å². The van der Waals surface area contributed by atoms with Crippen LogP contribution in [0.3, 0.4) is 0 Å². The van der Waals surface area contributed by atoms with E-state index in [2.05, 4.69) is 21.3 Å². The Kier molecular flexibility index (Phi) is 9.05. The summed E-state index contributed by atoms with van der Waals surface area (Å²) in [6.07, 6.45) is 13.4. The molecular formula is C22H30N4O4. The standard InChI is InChI=1S/C22H30N4O4/c1-15(25-21(29)17-9-3-4-10-17)19(27)23-13-7-8-14-24-20(28)16(2)26-22(30)18-11-5-6-12-18/h3-6,9,11,15-16H,7-8,10,12-14H2,1-2H3,(H,23,27)(H,24,28)(H,25,29)(H,26,30)/t15-,16-/m0/s1. The van der Waals surface area contributed by atoms with Crippen molar-refractivity contribution in [3.05, 3.63) is 47.6 Å². The Hall–Kier alpha value is -3.16. The number of nitrogens with one attached hydrogen (secondary N) is 4. The van der Waals surface area contributed by atoms with Crippen molar-refractivity contribution in [3.8, 4) is 0 Å². The SMILES string of the molecule is C[C@H](NC(=O)C1=CC=CC1)C(=O)NCCCCNC(=O)[C@H](C)NC(=O)C1=CC=CC1. The van der Waals surface area contributed by atoms with Crippen LogP contribution in [0.15, 0.2) is 47.6 Å². The highest BCUT2D eigenvalue weighted by atomic mass is 16.2. The minimum atomic E-state index is -0.617. The molecule has 0 aliphatic heterocycles. The smallest absolute Gasteiger partial charge is 0.248 e. The molecule has 30 heavy (non-hydrogen) atoms. The Labute approximate surface area is 176 Å². The van der Waals surface area contributed by atoms with Gasteiger partial charge in [0.15, 0.2) is 0 Å². The molecule has 0 fully saturated rings. The molecule has 4 N–H and O–H groups in total. The molecule has 0 unspecified atom stereocenters. The van der Waals surface area contributed by atoms with Gasteiger partial charge in [0.2, 0.25) is 23.6 Å². The Morgan fingerprint density at radius 2 is 1.17 bits per heavy atom. The van der Waals surface area contributed by atoms with E-state index in [0.29, 0.717) is 49.9 Å². The minimum Gasteiger partial charge on any atom is -0.354 e. The quantitative estimate of drug-likeness (QED) is 0.374. The van der Waals surface area contributed by atoms with E-state index in [9.17, 15) is 19.2 Å². The Bertz CT molecular complexity index is 729. The average Bonchev–Trinajstić information content (AvgIpc) is 3.44. The summed E-state index contributed by atoms with van der Waals surface area (Å²) < 4.78 is 0. The van der Waals surface area contributed by atoms with E-state index in [4.69, 9.17) is 0 Å². The molecule has 4 amide bonds. The first kappa shape index (κ1) is 23.1. The molecule has 2 aliphatic carbocycles. The minimum absolute atomic E-state index is 0.230. The van der Waals surface area contributed by atoms with Crippen molar-refractivity contribution in [2.45, 2.75) is 51.6 Å². The van der Waals surface area contributed by atoms with E-state index in [0.717, 1.165) is 0 Å². The maximum Gasteiger partial charge on any atom is 0.248 e. The van der Waals surface area contributed by atoms with Crippen LogP contribution < -0.4 is 21.3 Å². The summed E-state index contributed by atoms with van der Waals surface area (Å²) in [6, 6.07) is -1.23. The van der Waals surface area contributed by atoms with Crippen molar-refractivity contribution in [1.29, 1.82) is 0 Å². The second kappa shape index (κ2) is 11.7. The zero-order chi connectivity index (χ0) is 21.9. The molecule has 0 bridgehead atoms. The third-order valence-electron chi connectivity index (χ3n) is 4.81. The third-order valence-corrected chi connectivity index (χ3v) is 4.81. The van der Waals surface area contributed by atoms with Crippen LogP contribution in [0.25, 0.3) is 0 Å². The fourth-order valence-corrected chi connectivity index (χ4v) is 2.92. The summed E-state index contributed by atoms with van der Waals surface area (Å²) in [6.45, 7) is 4.19. The van der Waals surface area contributed by atoms with Gasteiger partial charge in [-0.15, -0.1) is 0 Å². The summed E-state index contributed by atoms with van der Waals surface area (Å²) in [5.41, 5.74) is 1.29. The lowest BCUT2D eigenvalue weighted by Gasteiger charge is -2.15. The molecule has 0 saturated carbocycles. The molecule has 0 radical (unpaired) electrons. The zero-order valence-electron chi connectivity index (χ0n) is 17.5. The van der Waals surface area contributed by atoms with Crippen molar-refractivity contribution in [2.75, 3.05) is 13.1 Å². The number of rotatable bonds is 11. The molecule has 0 aromatic heterocycles. The molecule has 0 heterocycles. The van der Waals surface area contributed by atoms with Crippen molar-refractivity contribution in [1.82, 2.24) is 21.3 Å². The first-order valence-corrected chi connectivity index (χ1v) is 10.3. The summed E-state index contributed by atoms with van der Waals surface area (Å²) in [5, 5.41) is 10.9. The molecule has 162 valence electrons. The van der Waals surface area contributed by atoms with Crippen molar-refractivity contribution < 1.29 is 19.2 Å². The van der Waals surface area contributed by atoms with Gasteiger partial charge in [0.1, 0.15) is 12.1 Å². The highest BCUT2D eigenvalue weighted by molar-refractivity contribution is 5.98. The number of unbranched alkanes of at least 4 members (excludes halogenated alkanes) is 1. The molecule has 8 nitrogen and oxygen atoms in total. The van der Waals surface area contributed by atoms with Crippen LogP contribution in [0.2, 0.25) is 0 Å². The first-order chi connectivity index (χ1) is 14.4. The lowest BCUT2D eigenvalue weighted by atomic mass is 10.2. The number of hydrogen-bond donors (Lipinski definition) is 4. The highest BCUT2D eigenvalue weighted by Gasteiger charge is 2.19. The van der Waals surface area contributed by atoms with Crippen molar-refractivity contribution in [2.24, 2.45) is 0 Å². The lowest BCUT2D eigenvalue weighted by Crippen LogP contribution is -2.46. The van der Waals surface area contributed by atoms with Gasteiger partial charge < -0.3 is 21.3 Å². The molecule has 2 rings (SSSR count). The number of hydrogen-bond acceptors (Lipinski definition) is 4. The van der Waals surface area contributed by atoms with Gasteiger partial charge >= 0.3 is 0 Å². The first-order valence-electron chi connectivity index (χ1n) is 10.3. The predicted molar refractivity (Wildman–Crippen MR) is 114 cm³/mol. The van der Waals surface area contributed by atoms with E-state index in [1.807, 2.05) is 24.3 Å². The molecule has 0 saturated heterocycles. The van der Waals surface area contributed by atoms with Crippen LogP contribution in [0.1, 0.15) is 39.5 Å². The van der Waals surface area contributed by atoms with Crippen molar-refractivity contribution in [3.63, 3.8) is 0 Å². The number of carbonyl (C=O) groups is 4. The van der Waals surface area contributed by atoms with Gasteiger partial charge in [-0.2, -0.15) is 0 Å². The molecule has 0 aromatic carbocycles. The average molecular weight is 415 g/mol. The lowest BCUT2D eigenvalue weighted by molar-refractivity contribution is -0.127. The van der Waals surface area contributed by atoms with Crippen molar-refractivity contribution >= 4 is 23.6 Å². The molecule has 8 heteroatoms. The molecule has 0 aromatic rings. The van der Waals surface area contributed by atoms with Crippen LogP contribution in [0.5, 0.6) is 0 Å². The van der Waals surface area contributed by atoms with Gasteiger partial charge in [0, 0.05) is 24.2 Å². The zero-order valence-corrected chi connectivity index (χ0v) is 17.5. The van der Waals surface area contributed by atoms with Gasteiger partial charge in [0.05, 0.1) is 0 Å². The predicted octanol–water partition coefficient (Wildman–Crippen LogP) is 0.781. The maximum atomic E-state index is 12.1. The highest BCUT2D eigenvalue weighted by Crippen LogP contribution is 2.11. The molecule has 2 atom stereocenters. The Morgan fingerprint density at radius 3 is 1.50 bits per heavy atom. The van der Waals surface area contributed by atoms with Crippen LogP contribution >= 0.6 is 0 Å². The van der Waals surface area contributed by atoms with E-state index in [1.54, 1.807) is 26.0 Å². The van der Waals surface area contributed by atoms with E-state index < -0.39 is 12.1 Å². The molecule has 2 aliphatic rings. The molecule has 0 spiro atoms. The second-order valence-electron chi connectivity index (χ2n) is 7.33. The topological polar surface area (TPSA) is 116 Å². The second-order valence-corrected chi connectivity index (χ2v) is 7.33. The van der Waals surface area contributed by atoms with Gasteiger partial charge in [-0.05, 0) is 39.5 Å². The van der Waals surface area contributed by atoms with E-state index in [1.165, 1.54) is 0 Å². The normalized spacial score (nSPS) is 16.3. The van der Waals surface area contributed by atoms with Crippen LogP contribution in [-0.4, -0.2) is 48.8 Å². The summed E-state index contributed by atoms with van der Waals surface area (Å²) in [7, 11) is 0. The van der Waals surface area contributed by atoms with E-state index >= 15 is 0 Å². The number of carbonyl (C=O) groups excluding carboxylic acids is 4. The third kappa shape index (κ3) is 7.35. The fraction of sp³-hybridized carbons (Fsp3) is 0.455. The Balaban J connectivity index is 1.53. The Morgan fingerprint density at radius 1 is 0.767 bits per heavy atom. The monoisotopic (exact) mass is 414 g/mol. The van der Waals surface area contributed by atoms with Crippen LogP contribution in [-0.2, 0) is 19.2 Å². The fourth-order valence-electron chi connectivity index (χ4n) is 2.92. The van der Waals surface area contributed by atoms with Crippen LogP contribution in [0, 0.1) is 0 Å². The van der Waals surface area contributed by atoms with Gasteiger partial charge in [-0.1, -0.05) is 36.5 Å².